The van der Waals surface area contributed by atoms with Gasteiger partial charge in [-0.3, -0.25) is 0 Å². The Kier molecular flexibility index (Phi) is 4.12. The number of rotatable bonds is 4. The van der Waals surface area contributed by atoms with E-state index in [0.717, 1.165) is 20.6 Å². The SMILES string of the molecule is O=C(O)c1nc(CNc2ccc(F)cc2I)cs1. The maximum absolute atomic E-state index is 12.9. The Morgan fingerprint density at radius 1 is 1.56 bits per heavy atom. The number of carboxylic acid groups (broad SMARTS) is 1. The van der Waals surface area contributed by atoms with Crippen LogP contribution < -0.4 is 5.32 Å². The number of carbonyl (C=O) groups is 1. The number of anilines is 1. The number of aromatic nitrogens is 1. The van der Waals surface area contributed by atoms with Gasteiger partial charge in [0, 0.05) is 14.6 Å². The molecule has 0 aliphatic rings. The Bertz CT molecular complexity index is 588. The van der Waals surface area contributed by atoms with Gasteiger partial charge in [0.25, 0.3) is 0 Å². The molecule has 0 spiro atoms. The van der Waals surface area contributed by atoms with Crippen molar-refractivity contribution < 1.29 is 14.3 Å². The summed E-state index contributed by atoms with van der Waals surface area (Å²) in [4.78, 5) is 14.6. The molecule has 0 saturated carbocycles. The second-order valence-electron chi connectivity index (χ2n) is 3.43. The van der Waals surface area contributed by atoms with Crippen molar-refractivity contribution >= 4 is 45.6 Å². The smallest absolute Gasteiger partial charge is 0.365 e. The molecule has 0 bridgehead atoms. The highest BCUT2D eigenvalue weighted by Gasteiger charge is 2.09. The maximum Gasteiger partial charge on any atom is 0.365 e. The molecule has 0 amide bonds. The first-order chi connectivity index (χ1) is 8.56. The van der Waals surface area contributed by atoms with Crippen LogP contribution in [0.3, 0.4) is 0 Å². The van der Waals surface area contributed by atoms with Crippen LogP contribution in [0, 0.1) is 9.39 Å². The van der Waals surface area contributed by atoms with E-state index in [4.69, 9.17) is 5.11 Å². The van der Waals surface area contributed by atoms with Gasteiger partial charge in [0.15, 0.2) is 0 Å². The predicted octanol–water partition coefficient (Wildman–Crippen LogP) is 3.20. The Hall–Kier alpha value is -1.22. The van der Waals surface area contributed by atoms with Crippen LogP contribution in [0.2, 0.25) is 0 Å². The summed E-state index contributed by atoms with van der Waals surface area (Å²) in [5.41, 5.74) is 1.44. The summed E-state index contributed by atoms with van der Waals surface area (Å²) in [6.45, 7) is 0.408. The van der Waals surface area contributed by atoms with Crippen molar-refractivity contribution in [3.8, 4) is 0 Å². The van der Waals surface area contributed by atoms with Gasteiger partial charge in [-0.05, 0) is 40.8 Å². The van der Waals surface area contributed by atoms with Crippen molar-refractivity contribution in [2.75, 3.05) is 5.32 Å². The lowest BCUT2D eigenvalue weighted by atomic mass is 10.3. The topological polar surface area (TPSA) is 62.2 Å². The van der Waals surface area contributed by atoms with Crippen LogP contribution >= 0.6 is 33.9 Å². The van der Waals surface area contributed by atoms with Gasteiger partial charge >= 0.3 is 5.97 Å². The van der Waals surface area contributed by atoms with Gasteiger partial charge in [-0.15, -0.1) is 11.3 Å². The Balaban J connectivity index is 2.04. The van der Waals surface area contributed by atoms with E-state index < -0.39 is 5.97 Å². The largest absolute Gasteiger partial charge is 0.476 e. The number of benzene rings is 1. The second kappa shape index (κ2) is 5.61. The van der Waals surface area contributed by atoms with Crippen LogP contribution in [-0.4, -0.2) is 16.1 Å². The lowest BCUT2D eigenvalue weighted by Crippen LogP contribution is -2.03. The van der Waals surface area contributed by atoms with Crippen molar-refractivity contribution in [3.05, 3.63) is 43.7 Å². The first kappa shape index (κ1) is 13.2. The van der Waals surface area contributed by atoms with Crippen molar-refractivity contribution in [2.24, 2.45) is 0 Å². The van der Waals surface area contributed by atoms with E-state index in [1.54, 1.807) is 11.4 Å². The minimum atomic E-state index is -1.03. The van der Waals surface area contributed by atoms with Gasteiger partial charge in [-0.1, -0.05) is 0 Å². The number of hydrogen-bond acceptors (Lipinski definition) is 4. The molecule has 0 unspecified atom stereocenters. The molecule has 2 aromatic rings. The number of nitrogens with zero attached hydrogens (tertiary/aromatic N) is 1. The summed E-state index contributed by atoms with van der Waals surface area (Å²) >= 11 is 3.12. The monoisotopic (exact) mass is 378 g/mol. The summed E-state index contributed by atoms with van der Waals surface area (Å²) in [5, 5.41) is 13.6. The normalized spacial score (nSPS) is 10.3. The third kappa shape index (κ3) is 3.16. The van der Waals surface area contributed by atoms with E-state index in [2.05, 4.69) is 10.3 Å². The van der Waals surface area contributed by atoms with E-state index in [1.807, 2.05) is 22.6 Å². The van der Waals surface area contributed by atoms with Crippen LogP contribution in [0.25, 0.3) is 0 Å². The standard InChI is InChI=1S/C11H8FIN2O2S/c12-6-1-2-9(8(13)3-6)14-4-7-5-18-10(15-7)11(16)17/h1-3,5,14H,4H2,(H,16,17). The lowest BCUT2D eigenvalue weighted by molar-refractivity contribution is 0.0696. The van der Waals surface area contributed by atoms with Crippen molar-refractivity contribution in [1.29, 1.82) is 0 Å². The molecule has 0 aliphatic heterocycles. The summed E-state index contributed by atoms with van der Waals surface area (Å²) in [6.07, 6.45) is 0. The van der Waals surface area contributed by atoms with Crippen LogP contribution in [0.1, 0.15) is 15.5 Å². The Morgan fingerprint density at radius 2 is 2.33 bits per heavy atom. The van der Waals surface area contributed by atoms with E-state index >= 15 is 0 Å². The molecule has 4 nitrogen and oxygen atoms in total. The molecule has 0 radical (unpaired) electrons. The molecule has 1 aromatic carbocycles. The first-order valence-electron chi connectivity index (χ1n) is 4.93. The number of nitrogens with one attached hydrogen (secondary N) is 1. The highest BCUT2D eigenvalue weighted by molar-refractivity contribution is 14.1. The Labute approximate surface area is 120 Å². The maximum atomic E-state index is 12.9. The molecule has 1 aromatic heterocycles. The molecule has 0 saturated heterocycles. The molecule has 2 rings (SSSR count). The number of carboxylic acids is 1. The lowest BCUT2D eigenvalue weighted by Gasteiger charge is -2.06. The summed E-state index contributed by atoms with van der Waals surface area (Å²) < 4.78 is 13.7. The fraction of sp³-hybridized carbons (Fsp3) is 0.0909. The molecule has 18 heavy (non-hydrogen) atoms. The average molecular weight is 378 g/mol. The van der Waals surface area contributed by atoms with Gasteiger partial charge in [-0.25, -0.2) is 14.2 Å². The molecular weight excluding hydrogens is 370 g/mol. The molecule has 0 aliphatic carbocycles. The van der Waals surface area contributed by atoms with E-state index in [-0.39, 0.29) is 10.8 Å². The summed E-state index contributed by atoms with van der Waals surface area (Å²) in [6, 6.07) is 4.43. The fourth-order valence-electron chi connectivity index (χ4n) is 1.31. The van der Waals surface area contributed by atoms with Crippen LogP contribution in [0.15, 0.2) is 23.6 Å². The quantitative estimate of drug-likeness (QED) is 0.803. The van der Waals surface area contributed by atoms with Crippen molar-refractivity contribution in [1.82, 2.24) is 4.98 Å². The minimum Gasteiger partial charge on any atom is -0.476 e. The van der Waals surface area contributed by atoms with Gasteiger partial charge in [0.05, 0.1) is 12.2 Å². The molecular formula is C11H8FIN2O2S. The van der Waals surface area contributed by atoms with Crippen LogP contribution in [-0.2, 0) is 6.54 Å². The second-order valence-corrected chi connectivity index (χ2v) is 5.45. The van der Waals surface area contributed by atoms with Crippen LogP contribution in [0.4, 0.5) is 10.1 Å². The zero-order valence-electron chi connectivity index (χ0n) is 8.98. The highest BCUT2D eigenvalue weighted by Crippen LogP contribution is 2.20. The molecule has 7 heteroatoms. The first-order valence-corrected chi connectivity index (χ1v) is 6.88. The molecule has 0 atom stereocenters. The zero-order chi connectivity index (χ0) is 13.1. The number of thiazole rings is 1. The van der Waals surface area contributed by atoms with E-state index in [9.17, 15) is 9.18 Å². The minimum absolute atomic E-state index is 0.0700. The molecule has 0 fully saturated rings. The van der Waals surface area contributed by atoms with Gasteiger partial charge in [0.2, 0.25) is 5.01 Å². The third-order valence-corrected chi connectivity index (χ3v) is 3.90. The summed E-state index contributed by atoms with van der Waals surface area (Å²) in [5.74, 6) is -1.31. The zero-order valence-corrected chi connectivity index (χ0v) is 12.0. The van der Waals surface area contributed by atoms with Crippen LogP contribution in [0.5, 0.6) is 0 Å². The van der Waals surface area contributed by atoms with Gasteiger partial charge < -0.3 is 10.4 Å². The third-order valence-electron chi connectivity index (χ3n) is 2.13. The average Bonchev–Trinajstić information content (AvgIpc) is 2.76. The fourth-order valence-corrected chi connectivity index (χ4v) is 2.63. The molecule has 1 heterocycles. The van der Waals surface area contributed by atoms with Crippen molar-refractivity contribution in [2.45, 2.75) is 6.54 Å². The number of hydrogen-bond donors (Lipinski definition) is 2. The highest BCUT2D eigenvalue weighted by atomic mass is 127. The number of halogens is 2. The van der Waals surface area contributed by atoms with Crippen molar-refractivity contribution in [3.63, 3.8) is 0 Å². The Morgan fingerprint density at radius 3 is 2.94 bits per heavy atom. The summed E-state index contributed by atoms with van der Waals surface area (Å²) in [7, 11) is 0. The number of aromatic carboxylic acids is 1. The van der Waals surface area contributed by atoms with Gasteiger partial charge in [-0.2, -0.15) is 0 Å². The van der Waals surface area contributed by atoms with E-state index in [0.29, 0.717) is 12.2 Å². The molecule has 2 N–H and O–H groups in total. The van der Waals surface area contributed by atoms with E-state index in [1.165, 1.54) is 12.1 Å². The molecule has 94 valence electrons. The van der Waals surface area contributed by atoms with Gasteiger partial charge in [0.1, 0.15) is 5.82 Å². The predicted molar refractivity (Wildman–Crippen MR) is 75.5 cm³/mol.